The minimum Gasteiger partial charge on any atom is -0.291 e. The van der Waals surface area contributed by atoms with Crippen LogP contribution in [0, 0.1) is 13.8 Å². The highest BCUT2D eigenvalue weighted by Crippen LogP contribution is 2.11. The Morgan fingerprint density at radius 1 is 1.50 bits per heavy atom. The van der Waals surface area contributed by atoms with Gasteiger partial charge in [0, 0.05) is 11.1 Å². The van der Waals surface area contributed by atoms with Crippen molar-refractivity contribution in [3.05, 3.63) is 42.9 Å². The number of halogens is 1. The standard InChI is InChI=1S/C10H10BrN3OS/c1-6-4-16-8(13-6)3-14-5-12-7(2)9(11)10(14)15/h4-5H,3H2,1-2H3. The van der Waals surface area contributed by atoms with Gasteiger partial charge in [0.15, 0.2) is 0 Å². The van der Waals surface area contributed by atoms with Crippen LogP contribution in [0.15, 0.2) is 21.0 Å². The molecule has 0 bridgehead atoms. The molecule has 0 spiro atoms. The van der Waals surface area contributed by atoms with Crippen molar-refractivity contribution in [3.8, 4) is 0 Å². The first-order chi connectivity index (χ1) is 7.58. The van der Waals surface area contributed by atoms with Gasteiger partial charge >= 0.3 is 0 Å². The molecule has 0 unspecified atom stereocenters. The molecule has 2 rings (SSSR count). The van der Waals surface area contributed by atoms with Gasteiger partial charge in [-0.1, -0.05) is 0 Å². The Bertz CT molecular complexity index is 576. The number of aromatic nitrogens is 3. The fraction of sp³-hybridized carbons (Fsp3) is 0.300. The van der Waals surface area contributed by atoms with E-state index in [1.807, 2.05) is 12.3 Å². The SMILES string of the molecule is Cc1csc(Cn2cnc(C)c(Br)c2=O)n1. The molecule has 2 heterocycles. The number of thiazole rings is 1. The molecule has 0 aliphatic carbocycles. The lowest BCUT2D eigenvalue weighted by atomic mass is 10.4. The fourth-order valence-electron chi connectivity index (χ4n) is 1.28. The number of hydrogen-bond donors (Lipinski definition) is 0. The highest BCUT2D eigenvalue weighted by molar-refractivity contribution is 9.10. The maximum absolute atomic E-state index is 11.9. The molecule has 0 saturated heterocycles. The van der Waals surface area contributed by atoms with Crippen molar-refractivity contribution in [1.82, 2.24) is 14.5 Å². The van der Waals surface area contributed by atoms with Gasteiger partial charge in [0.05, 0.1) is 18.6 Å². The third-order valence-electron chi connectivity index (χ3n) is 2.13. The average Bonchev–Trinajstić information content (AvgIpc) is 2.65. The summed E-state index contributed by atoms with van der Waals surface area (Å²) < 4.78 is 2.07. The zero-order valence-electron chi connectivity index (χ0n) is 8.90. The molecule has 2 aromatic rings. The lowest BCUT2D eigenvalue weighted by Gasteiger charge is -2.04. The topological polar surface area (TPSA) is 47.8 Å². The van der Waals surface area contributed by atoms with Gasteiger partial charge in [-0.3, -0.25) is 9.36 Å². The highest BCUT2D eigenvalue weighted by Gasteiger charge is 2.07. The molecule has 0 fully saturated rings. The van der Waals surface area contributed by atoms with Gasteiger partial charge in [0.2, 0.25) is 0 Å². The van der Waals surface area contributed by atoms with E-state index in [1.54, 1.807) is 29.2 Å². The lowest BCUT2D eigenvalue weighted by molar-refractivity contribution is 0.719. The summed E-state index contributed by atoms with van der Waals surface area (Å²) in [5, 5.41) is 2.88. The molecule has 84 valence electrons. The Labute approximate surface area is 105 Å². The second-order valence-corrected chi connectivity index (χ2v) is 5.20. The maximum atomic E-state index is 11.9. The van der Waals surface area contributed by atoms with Crippen molar-refractivity contribution >= 4 is 27.3 Å². The Morgan fingerprint density at radius 2 is 2.25 bits per heavy atom. The van der Waals surface area contributed by atoms with Gasteiger partial charge in [-0.05, 0) is 29.8 Å². The van der Waals surface area contributed by atoms with E-state index in [1.165, 1.54) is 0 Å². The predicted molar refractivity (Wildman–Crippen MR) is 66.9 cm³/mol. The van der Waals surface area contributed by atoms with Gasteiger partial charge in [-0.25, -0.2) is 9.97 Å². The number of nitrogens with zero attached hydrogens (tertiary/aromatic N) is 3. The van der Waals surface area contributed by atoms with Crippen LogP contribution in [-0.2, 0) is 6.54 Å². The zero-order valence-corrected chi connectivity index (χ0v) is 11.3. The normalized spacial score (nSPS) is 10.7. The van der Waals surface area contributed by atoms with E-state index in [9.17, 15) is 4.79 Å². The molecule has 0 N–H and O–H groups in total. The van der Waals surface area contributed by atoms with Crippen molar-refractivity contribution in [2.24, 2.45) is 0 Å². The number of hydrogen-bond acceptors (Lipinski definition) is 4. The van der Waals surface area contributed by atoms with Crippen LogP contribution in [0.25, 0.3) is 0 Å². The van der Waals surface area contributed by atoms with Crippen molar-refractivity contribution in [2.45, 2.75) is 20.4 Å². The summed E-state index contributed by atoms with van der Waals surface area (Å²) in [6.07, 6.45) is 1.55. The number of aryl methyl sites for hydroxylation is 2. The van der Waals surface area contributed by atoms with E-state index < -0.39 is 0 Å². The van der Waals surface area contributed by atoms with Gasteiger partial charge in [0.25, 0.3) is 5.56 Å². The van der Waals surface area contributed by atoms with Crippen LogP contribution in [0.1, 0.15) is 16.4 Å². The predicted octanol–water partition coefficient (Wildman–Crippen LogP) is 2.13. The summed E-state index contributed by atoms with van der Waals surface area (Å²) in [4.78, 5) is 20.3. The fourth-order valence-corrected chi connectivity index (χ4v) is 2.38. The van der Waals surface area contributed by atoms with Gasteiger partial charge < -0.3 is 0 Å². The molecule has 16 heavy (non-hydrogen) atoms. The lowest BCUT2D eigenvalue weighted by Crippen LogP contribution is -2.22. The van der Waals surface area contributed by atoms with Gasteiger partial charge in [-0.2, -0.15) is 0 Å². The van der Waals surface area contributed by atoms with E-state index in [4.69, 9.17) is 0 Å². The monoisotopic (exact) mass is 299 g/mol. The molecular weight excluding hydrogens is 290 g/mol. The minimum absolute atomic E-state index is 0.0691. The summed E-state index contributed by atoms with van der Waals surface area (Å²) in [6.45, 7) is 4.21. The van der Waals surface area contributed by atoms with Crippen LogP contribution in [0.3, 0.4) is 0 Å². The molecule has 0 aliphatic heterocycles. The first-order valence-corrected chi connectivity index (χ1v) is 6.37. The summed E-state index contributed by atoms with van der Waals surface area (Å²) >= 11 is 4.78. The Hall–Kier alpha value is -1.01. The quantitative estimate of drug-likeness (QED) is 0.853. The molecule has 0 aromatic carbocycles. The third-order valence-corrected chi connectivity index (χ3v) is 3.99. The first-order valence-electron chi connectivity index (χ1n) is 4.70. The van der Waals surface area contributed by atoms with Crippen LogP contribution in [0.5, 0.6) is 0 Å². The second kappa shape index (κ2) is 4.47. The van der Waals surface area contributed by atoms with E-state index in [0.29, 0.717) is 16.7 Å². The van der Waals surface area contributed by atoms with Crippen LogP contribution < -0.4 is 5.56 Å². The molecule has 0 radical (unpaired) electrons. The molecule has 0 amide bonds. The van der Waals surface area contributed by atoms with E-state index in [-0.39, 0.29) is 5.56 Å². The van der Waals surface area contributed by atoms with Gasteiger partial charge in [-0.15, -0.1) is 11.3 Å². The highest BCUT2D eigenvalue weighted by atomic mass is 79.9. The average molecular weight is 300 g/mol. The van der Waals surface area contributed by atoms with Crippen LogP contribution in [0.4, 0.5) is 0 Å². The minimum atomic E-state index is -0.0691. The van der Waals surface area contributed by atoms with E-state index in [0.717, 1.165) is 10.7 Å². The molecule has 4 nitrogen and oxygen atoms in total. The first kappa shape index (κ1) is 11.5. The van der Waals surface area contributed by atoms with Crippen molar-refractivity contribution in [1.29, 1.82) is 0 Å². The number of rotatable bonds is 2. The molecular formula is C10H10BrN3OS. The Morgan fingerprint density at radius 3 is 2.88 bits per heavy atom. The van der Waals surface area contributed by atoms with Crippen LogP contribution in [-0.4, -0.2) is 14.5 Å². The van der Waals surface area contributed by atoms with Crippen molar-refractivity contribution in [2.75, 3.05) is 0 Å². The Kier molecular flexibility index (Phi) is 3.20. The summed E-state index contributed by atoms with van der Waals surface area (Å²) in [5.41, 5.74) is 1.61. The molecule has 2 aromatic heterocycles. The van der Waals surface area contributed by atoms with Crippen molar-refractivity contribution < 1.29 is 0 Å². The van der Waals surface area contributed by atoms with Crippen molar-refractivity contribution in [3.63, 3.8) is 0 Å². The van der Waals surface area contributed by atoms with Crippen LogP contribution in [0.2, 0.25) is 0 Å². The zero-order chi connectivity index (χ0) is 11.7. The van der Waals surface area contributed by atoms with Crippen LogP contribution >= 0.6 is 27.3 Å². The van der Waals surface area contributed by atoms with E-state index >= 15 is 0 Å². The second-order valence-electron chi connectivity index (χ2n) is 3.46. The largest absolute Gasteiger partial charge is 0.291 e. The van der Waals surface area contributed by atoms with E-state index in [2.05, 4.69) is 25.9 Å². The summed E-state index contributed by atoms with van der Waals surface area (Å²) in [6, 6.07) is 0. The maximum Gasteiger partial charge on any atom is 0.268 e. The Balaban J connectivity index is 2.36. The molecule has 0 aliphatic rings. The van der Waals surface area contributed by atoms with Gasteiger partial charge in [0.1, 0.15) is 9.48 Å². The molecule has 0 atom stereocenters. The summed E-state index contributed by atoms with van der Waals surface area (Å²) in [5.74, 6) is 0. The third kappa shape index (κ3) is 2.22. The molecule has 6 heteroatoms. The smallest absolute Gasteiger partial charge is 0.268 e. The summed E-state index contributed by atoms with van der Waals surface area (Å²) in [7, 11) is 0. The molecule has 0 saturated carbocycles.